The third kappa shape index (κ3) is 3.70. The van der Waals surface area contributed by atoms with Crippen molar-refractivity contribution in [2.75, 3.05) is 50.8 Å². The van der Waals surface area contributed by atoms with Crippen molar-refractivity contribution in [2.45, 2.75) is 32.8 Å². The second-order valence-corrected chi connectivity index (χ2v) is 9.47. The zero-order valence-electron chi connectivity index (χ0n) is 15.9. The van der Waals surface area contributed by atoms with Crippen LogP contribution in [0.15, 0.2) is 23.2 Å². The number of thiazole rings is 1. The summed E-state index contributed by atoms with van der Waals surface area (Å²) in [5.74, 6) is 1.56. The van der Waals surface area contributed by atoms with Gasteiger partial charge in [-0.1, -0.05) is 19.9 Å². The van der Waals surface area contributed by atoms with E-state index in [4.69, 9.17) is 4.74 Å². The zero-order chi connectivity index (χ0) is 18.1. The Kier molecular flexibility index (Phi) is 5.37. The second-order valence-electron chi connectivity index (χ2n) is 8.59. The Morgan fingerprint density at radius 3 is 2.81 bits per heavy atom. The van der Waals surface area contributed by atoms with E-state index in [9.17, 15) is 5.11 Å². The summed E-state index contributed by atoms with van der Waals surface area (Å²) in [5.41, 5.74) is 1.91. The van der Waals surface area contributed by atoms with E-state index in [1.54, 1.807) is 11.3 Å². The number of hydrogen-bond acceptors (Lipinski definition) is 6. The summed E-state index contributed by atoms with van der Waals surface area (Å²) in [7, 11) is 0. The number of piperazine rings is 1. The highest BCUT2D eigenvalue weighted by molar-refractivity contribution is 7.13. The molecule has 1 saturated heterocycles. The maximum Gasteiger partial charge on any atom is 0.185 e. The van der Waals surface area contributed by atoms with Gasteiger partial charge in [0.15, 0.2) is 5.13 Å². The van der Waals surface area contributed by atoms with E-state index in [0.717, 1.165) is 37.2 Å². The highest BCUT2D eigenvalue weighted by atomic mass is 32.1. The maximum absolute atomic E-state index is 10.3. The number of allylic oxidation sites excluding steroid dienone is 1. The maximum atomic E-state index is 10.3. The number of rotatable bonds is 7. The van der Waals surface area contributed by atoms with Crippen LogP contribution in [0.25, 0.3) is 0 Å². The van der Waals surface area contributed by atoms with Crippen LogP contribution in [0.1, 0.15) is 26.7 Å². The summed E-state index contributed by atoms with van der Waals surface area (Å²) in [6.07, 6.45) is 6.36. The Labute approximate surface area is 160 Å². The van der Waals surface area contributed by atoms with E-state index in [1.807, 2.05) is 11.6 Å². The van der Waals surface area contributed by atoms with Crippen LogP contribution in [0.5, 0.6) is 0 Å². The molecule has 5 rings (SSSR count). The molecule has 0 radical (unpaired) electrons. The molecule has 4 aliphatic rings. The minimum Gasteiger partial charge on any atom is -0.389 e. The molecule has 0 amide bonds. The fourth-order valence-electron chi connectivity index (χ4n) is 4.80. The van der Waals surface area contributed by atoms with Crippen LogP contribution in [0, 0.1) is 17.3 Å². The van der Waals surface area contributed by atoms with Gasteiger partial charge in [0.2, 0.25) is 0 Å². The van der Waals surface area contributed by atoms with Gasteiger partial charge < -0.3 is 14.7 Å². The van der Waals surface area contributed by atoms with Gasteiger partial charge in [-0.15, -0.1) is 11.3 Å². The first-order valence-electron chi connectivity index (χ1n) is 9.85. The first-order valence-corrected chi connectivity index (χ1v) is 10.7. The van der Waals surface area contributed by atoms with Crippen LogP contribution in [-0.2, 0) is 4.74 Å². The summed E-state index contributed by atoms with van der Waals surface area (Å²) < 4.78 is 5.88. The van der Waals surface area contributed by atoms with Crippen molar-refractivity contribution in [3.8, 4) is 0 Å². The molecule has 0 spiro atoms. The van der Waals surface area contributed by atoms with E-state index >= 15 is 0 Å². The normalized spacial score (nSPS) is 29.2. The Morgan fingerprint density at radius 1 is 1.35 bits per heavy atom. The van der Waals surface area contributed by atoms with E-state index in [2.05, 4.69) is 34.7 Å². The number of aromatic nitrogens is 1. The quantitative estimate of drug-likeness (QED) is 0.740. The van der Waals surface area contributed by atoms with Gasteiger partial charge in [-0.2, -0.15) is 0 Å². The molecule has 6 heteroatoms. The summed E-state index contributed by atoms with van der Waals surface area (Å²) >= 11 is 1.69. The van der Waals surface area contributed by atoms with Gasteiger partial charge in [0, 0.05) is 44.3 Å². The van der Waals surface area contributed by atoms with Crippen molar-refractivity contribution in [1.82, 2.24) is 9.88 Å². The standard InChI is InChI=1S/C20H31N3O2S/c1-20(2)16-4-3-15(18(20)11-16)13-25-14-17(24)12-22-6-8-23(9-7-22)19-21-5-10-26-19/h3,5,10,16-18,24H,4,6-9,11-14H2,1-2H3/t16-,17+,18-/m1/s1. The van der Waals surface area contributed by atoms with Crippen LogP contribution in [0.3, 0.4) is 0 Å². The van der Waals surface area contributed by atoms with Gasteiger partial charge in [0.1, 0.15) is 0 Å². The molecule has 1 N–H and O–H groups in total. The Morgan fingerprint density at radius 2 is 2.15 bits per heavy atom. The largest absolute Gasteiger partial charge is 0.389 e. The van der Waals surface area contributed by atoms with Crippen LogP contribution >= 0.6 is 11.3 Å². The highest BCUT2D eigenvalue weighted by Crippen LogP contribution is 2.59. The van der Waals surface area contributed by atoms with Gasteiger partial charge in [0.05, 0.1) is 19.3 Å². The number of β-amino-alcohol motifs (C(OH)–C–C–N with tert-alkyl or cyclic N) is 1. The van der Waals surface area contributed by atoms with Crippen molar-refractivity contribution in [3.63, 3.8) is 0 Å². The molecule has 0 aromatic carbocycles. The third-order valence-corrected chi connectivity index (χ3v) is 7.52. The molecule has 2 bridgehead atoms. The second kappa shape index (κ2) is 7.58. The lowest BCUT2D eigenvalue weighted by molar-refractivity contribution is -0.0262. The van der Waals surface area contributed by atoms with Crippen molar-refractivity contribution < 1.29 is 9.84 Å². The SMILES string of the molecule is CC1(C)[C@@H]2CC=C(COC[C@@H](O)CN3CCN(c4nccs4)CC3)[C@H]1C2. The number of hydrogen-bond donors (Lipinski definition) is 1. The zero-order valence-corrected chi connectivity index (χ0v) is 16.7. The first kappa shape index (κ1) is 18.4. The summed E-state index contributed by atoms with van der Waals surface area (Å²) in [6.45, 7) is 10.5. The number of aliphatic hydroxyl groups is 1. The molecule has 1 aromatic heterocycles. The van der Waals surface area contributed by atoms with Gasteiger partial charge in [0.25, 0.3) is 0 Å². The molecular weight excluding hydrogens is 346 g/mol. The predicted molar refractivity (Wildman–Crippen MR) is 106 cm³/mol. The molecule has 2 heterocycles. The average molecular weight is 378 g/mol. The molecule has 3 aliphatic carbocycles. The number of nitrogens with zero attached hydrogens (tertiary/aromatic N) is 3. The highest BCUT2D eigenvalue weighted by Gasteiger charge is 2.50. The lowest BCUT2D eigenvalue weighted by Crippen LogP contribution is -2.49. The lowest BCUT2D eigenvalue weighted by atomic mass is 9.49. The molecular formula is C20H31N3O2S. The fourth-order valence-corrected chi connectivity index (χ4v) is 5.49. The first-order chi connectivity index (χ1) is 12.5. The number of fused-ring (bicyclic) bond motifs is 1. The van der Waals surface area contributed by atoms with Gasteiger partial charge in [-0.3, -0.25) is 4.90 Å². The number of aliphatic hydroxyl groups excluding tert-OH is 1. The van der Waals surface area contributed by atoms with Crippen LogP contribution in [-0.4, -0.2) is 67.0 Å². The van der Waals surface area contributed by atoms with E-state index in [0.29, 0.717) is 31.1 Å². The van der Waals surface area contributed by atoms with Crippen molar-refractivity contribution >= 4 is 16.5 Å². The minimum absolute atomic E-state index is 0.409. The van der Waals surface area contributed by atoms with Crippen LogP contribution < -0.4 is 4.90 Å². The molecule has 0 unspecified atom stereocenters. The van der Waals surface area contributed by atoms with E-state index in [-0.39, 0.29) is 0 Å². The molecule has 1 aliphatic heterocycles. The Balaban J connectivity index is 1.15. The van der Waals surface area contributed by atoms with Crippen molar-refractivity contribution in [3.05, 3.63) is 23.2 Å². The molecule has 1 aromatic rings. The van der Waals surface area contributed by atoms with E-state index < -0.39 is 6.10 Å². The predicted octanol–water partition coefficient (Wildman–Crippen LogP) is 2.64. The molecule has 3 atom stereocenters. The summed E-state index contributed by atoms with van der Waals surface area (Å²) in [5, 5.41) is 13.5. The Hall–Kier alpha value is -0.950. The molecule has 26 heavy (non-hydrogen) atoms. The van der Waals surface area contributed by atoms with Gasteiger partial charge >= 0.3 is 0 Å². The molecule has 2 fully saturated rings. The van der Waals surface area contributed by atoms with Crippen LogP contribution in [0.4, 0.5) is 5.13 Å². The van der Waals surface area contributed by atoms with Gasteiger partial charge in [-0.25, -0.2) is 4.98 Å². The van der Waals surface area contributed by atoms with Crippen molar-refractivity contribution in [1.29, 1.82) is 0 Å². The van der Waals surface area contributed by atoms with E-state index in [1.165, 1.54) is 18.4 Å². The number of anilines is 1. The molecule has 1 saturated carbocycles. The van der Waals surface area contributed by atoms with Crippen molar-refractivity contribution in [2.24, 2.45) is 17.3 Å². The lowest BCUT2D eigenvalue weighted by Gasteiger charge is -2.56. The topological polar surface area (TPSA) is 48.8 Å². The van der Waals surface area contributed by atoms with Gasteiger partial charge in [-0.05, 0) is 35.7 Å². The summed E-state index contributed by atoms with van der Waals surface area (Å²) in [6, 6.07) is 0. The fraction of sp³-hybridized carbons (Fsp3) is 0.750. The molecule has 5 nitrogen and oxygen atoms in total. The average Bonchev–Trinajstić information content (AvgIpc) is 3.17. The van der Waals surface area contributed by atoms with Crippen LogP contribution in [0.2, 0.25) is 0 Å². The monoisotopic (exact) mass is 377 g/mol. The molecule has 144 valence electrons. The summed E-state index contributed by atoms with van der Waals surface area (Å²) in [4.78, 5) is 9.04. The minimum atomic E-state index is -0.409. The Bertz CT molecular complexity index is 623. The third-order valence-electron chi connectivity index (χ3n) is 6.69. The smallest absolute Gasteiger partial charge is 0.185 e. The number of ether oxygens (including phenoxy) is 1.